The number of hydrogen-bond donors (Lipinski definition) is 0. The number of allylic oxidation sites excluding steroid dienone is 6. The van der Waals surface area contributed by atoms with Crippen molar-refractivity contribution >= 4 is 17.9 Å². The van der Waals surface area contributed by atoms with Gasteiger partial charge in [0.1, 0.15) is 13.2 Å². The first-order chi connectivity index (χ1) is 35.0. The maximum absolute atomic E-state index is 12.9. The summed E-state index contributed by atoms with van der Waals surface area (Å²) < 4.78 is 16.9. The smallest absolute Gasteiger partial charge is 0.306 e. The first-order valence-electron chi connectivity index (χ1n) is 31.5. The van der Waals surface area contributed by atoms with Crippen molar-refractivity contribution in [1.82, 2.24) is 0 Å². The predicted molar refractivity (Wildman–Crippen MR) is 307 cm³/mol. The molecule has 0 rings (SSSR count). The molecule has 0 unspecified atom stereocenters. The molecule has 0 bridgehead atoms. The number of hydrogen-bond acceptors (Lipinski definition) is 6. The minimum absolute atomic E-state index is 0.0739. The molecule has 0 aromatic rings. The topological polar surface area (TPSA) is 78.9 Å². The third-order valence-electron chi connectivity index (χ3n) is 14.1. The second-order valence-corrected chi connectivity index (χ2v) is 21.3. The zero-order valence-electron chi connectivity index (χ0n) is 47.8. The number of unbranched alkanes of at least 4 members (excludes halogenated alkanes) is 41. The molecule has 0 aliphatic rings. The van der Waals surface area contributed by atoms with Gasteiger partial charge in [-0.1, -0.05) is 301 Å². The van der Waals surface area contributed by atoms with E-state index in [1.54, 1.807) is 0 Å². The van der Waals surface area contributed by atoms with Gasteiger partial charge in [0.25, 0.3) is 0 Å². The fourth-order valence-corrected chi connectivity index (χ4v) is 9.39. The minimum Gasteiger partial charge on any atom is -0.462 e. The number of ether oxygens (including phenoxy) is 3. The van der Waals surface area contributed by atoms with Crippen LogP contribution in [0, 0.1) is 0 Å². The van der Waals surface area contributed by atoms with Gasteiger partial charge in [-0.15, -0.1) is 0 Å². The molecule has 0 spiro atoms. The van der Waals surface area contributed by atoms with Crippen molar-refractivity contribution in [3.63, 3.8) is 0 Å². The highest BCUT2D eigenvalue weighted by molar-refractivity contribution is 5.71. The Hall–Kier alpha value is -2.37. The molecule has 0 saturated carbocycles. The molecule has 1 atom stereocenters. The fourth-order valence-electron chi connectivity index (χ4n) is 9.39. The normalized spacial score (nSPS) is 12.2. The molecule has 0 aromatic carbocycles. The lowest BCUT2D eigenvalue weighted by atomic mass is 10.0. The van der Waals surface area contributed by atoms with Gasteiger partial charge in [0.05, 0.1) is 0 Å². The summed E-state index contributed by atoms with van der Waals surface area (Å²) in [7, 11) is 0. The van der Waals surface area contributed by atoms with Crippen molar-refractivity contribution < 1.29 is 28.6 Å². The van der Waals surface area contributed by atoms with Crippen molar-refractivity contribution in [1.29, 1.82) is 0 Å². The van der Waals surface area contributed by atoms with Gasteiger partial charge in [0, 0.05) is 19.3 Å². The Morgan fingerprint density at radius 3 is 0.817 bits per heavy atom. The monoisotopic (exact) mass is 997 g/mol. The molecular weight excluding hydrogens is 877 g/mol. The van der Waals surface area contributed by atoms with Crippen molar-refractivity contribution in [3.05, 3.63) is 36.5 Å². The molecular formula is C65H120O6. The molecule has 0 amide bonds. The molecule has 0 saturated heterocycles. The molecule has 416 valence electrons. The molecule has 6 nitrogen and oxygen atoms in total. The van der Waals surface area contributed by atoms with Crippen LogP contribution in [0.3, 0.4) is 0 Å². The Kier molecular flexibility index (Phi) is 58.2. The predicted octanol–water partition coefficient (Wildman–Crippen LogP) is 21.2. The summed E-state index contributed by atoms with van der Waals surface area (Å²) in [5.74, 6) is -0.871. The van der Waals surface area contributed by atoms with Crippen LogP contribution in [0.4, 0.5) is 0 Å². The Labute approximate surface area is 442 Å². The van der Waals surface area contributed by atoms with E-state index in [0.29, 0.717) is 19.3 Å². The highest BCUT2D eigenvalue weighted by Crippen LogP contribution is 2.18. The standard InChI is InChI=1S/C65H120O6/c1-4-7-10-13-16-19-22-25-28-31-34-37-40-43-46-49-52-55-58-64(67)70-61-62(60-69-63(66)57-54-51-48-45-42-39-36-33-30-27-24-21-18-15-12-9-6-3)71-65(68)59-56-53-50-47-44-41-38-35-32-29-26-23-20-17-14-11-8-5-2/h18,21,27,30,36,39,62H,4-17,19-20,22-26,28-29,31-35,37-38,40-61H2,1-3H3/b21-18+,30-27+,39-36+/t62-/m1/s1. The van der Waals surface area contributed by atoms with Crippen molar-refractivity contribution in [3.8, 4) is 0 Å². The fraction of sp³-hybridized carbons (Fsp3) is 0.862. The molecule has 6 heteroatoms. The van der Waals surface area contributed by atoms with Crippen LogP contribution in [0.25, 0.3) is 0 Å². The summed E-state index contributed by atoms with van der Waals surface area (Å²) in [4.78, 5) is 38.3. The van der Waals surface area contributed by atoms with E-state index in [0.717, 1.165) is 83.5 Å². The lowest BCUT2D eigenvalue weighted by Crippen LogP contribution is -2.30. The van der Waals surface area contributed by atoms with Crippen LogP contribution in [-0.2, 0) is 28.6 Å². The van der Waals surface area contributed by atoms with E-state index in [1.807, 2.05) is 0 Å². The van der Waals surface area contributed by atoms with E-state index in [2.05, 4.69) is 57.2 Å². The highest BCUT2D eigenvalue weighted by atomic mass is 16.6. The third-order valence-corrected chi connectivity index (χ3v) is 14.1. The Morgan fingerprint density at radius 2 is 0.507 bits per heavy atom. The quantitative estimate of drug-likeness (QED) is 0.0261. The van der Waals surface area contributed by atoms with Crippen LogP contribution in [0.2, 0.25) is 0 Å². The number of rotatable bonds is 58. The second-order valence-electron chi connectivity index (χ2n) is 21.3. The molecule has 0 aliphatic heterocycles. The number of esters is 3. The van der Waals surface area contributed by atoms with Crippen molar-refractivity contribution in [2.75, 3.05) is 13.2 Å². The van der Waals surface area contributed by atoms with E-state index in [4.69, 9.17) is 14.2 Å². The van der Waals surface area contributed by atoms with Gasteiger partial charge in [0.15, 0.2) is 6.10 Å². The van der Waals surface area contributed by atoms with Crippen molar-refractivity contribution in [2.24, 2.45) is 0 Å². The molecule has 0 N–H and O–H groups in total. The van der Waals surface area contributed by atoms with Crippen LogP contribution >= 0.6 is 0 Å². The zero-order chi connectivity index (χ0) is 51.4. The number of carbonyl (C=O) groups is 3. The second kappa shape index (κ2) is 60.2. The summed E-state index contributed by atoms with van der Waals surface area (Å²) in [5.41, 5.74) is 0. The maximum atomic E-state index is 12.9. The highest BCUT2D eigenvalue weighted by Gasteiger charge is 2.19. The van der Waals surface area contributed by atoms with Gasteiger partial charge in [-0.2, -0.15) is 0 Å². The van der Waals surface area contributed by atoms with Gasteiger partial charge < -0.3 is 14.2 Å². The van der Waals surface area contributed by atoms with Gasteiger partial charge >= 0.3 is 17.9 Å². The first-order valence-corrected chi connectivity index (χ1v) is 31.5. The average Bonchev–Trinajstić information content (AvgIpc) is 3.37. The first kappa shape index (κ1) is 68.6. The van der Waals surface area contributed by atoms with Gasteiger partial charge in [0.2, 0.25) is 0 Å². The SMILES string of the molecule is CCCCC/C=C/C/C=C/C/C=C/CCCCCCC(=O)OC[C@H](COC(=O)CCCCCCCCCCCCCCCCCCCC)OC(=O)CCCCCCCCCCCCCCCCCCCC. The summed E-state index contributed by atoms with van der Waals surface area (Å²) >= 11 is 0. The third kappa shape index (κ3) is 58.4. The molecule has 0 heterocycles. The summed E-state index contributed by atoms with van der Waals surface area (Å²) in [6.45, 7) is 6.66. The van der Waals surface area contributed by atoms with Crippen LogP contribution < -0.4 is 0 Å². The van der Waals surface area contributed by atoms with Crippen LogP contribution in [-0.4, -0.2) is 37.2 Å². The van der Waals surface area contributed by atoms with E-state index < -0.39 is 6.10 Å². The lowest BCUT2D eigenvalue weighted by molar-refractivity contribution is -0.167. The van der Waals surface area contributed by atoms with Crippen molar-refractivity contribution in [2.45, 2.75) is 348 Å². The zero-order valence-corrected chi connectivity index (χ0v) is 47.8. The molecule has 0 fully saturated rings. The molecule has 0 aromatic heterocycles. The molecule has 71 heavy (non-hydrogen) atoms. The minimum atomic E-state index is -0.778. The lowest BCUT2D eigenvalue weighted by Gasteiger charge is -2.18. The van der Waals surface area contributed by atoms with E-state index >= 15 is 0 Å². The van der Waals surface area contributed by atoms with E-state index in [1.165, 1.54) is 218 Å². The summed E-state index contributed by atoms with van der Waals surface area (Å²) in [6.07, 6.45) is 72.8. The molecule has 0 aliphatic carbocycles. The number of carbonyl (C=O) groups excluding carboxylic acids is 3. The maximum Gasteiger partial charge on any atom is 0.306 e. The van der Waals surface area contributed by atoms with Crippen LogP contribution in [0.15, 0.2) is 36.5 Å². The van der Waals surface area contributed by atoms with E-state index in [-0.39, 0.29) is 31.1 Å². The van der Waals surface area contributed by atoms with Crippen LogP contribution in [0.1, 0.15) is 342 Å². The Bertz CT molecular complexity index is 1190. The van der Waals surface area contributed by atoms with Gasteiger partial charge in [-0.3, -0.25) is 14.4 Å². The van der Waals surface area contributed by atoms with Gasteiger partial charge in [-0.25, -0.2) is 0 Å². The van der Waals surface area contributed by atoms with E-state index in [9.17, 15) is 14.4 Å². The Balaban J connectivity index is 4.35. The summed E-state index contributed by atoms with van der Waals surface area (Å²) in [5, 5.41) is 0. The average molecular weight is 998 g/mol. The largest absolute Gasteiger partial charge is 0.462 e. The molecule has 0 radical (unpaired) electrons. The van der Waals surface area contributed by atoms with Crippen LogP contribution in [0.5, 0.6) is 0 Å². The van der Waals surface area contributed by atoms with Gasteiger partial charge in [-0.05, 0) is 57.8 Å². The summed E-state index contributed by atoms with van der Waals surface area (Å²) in [6, 6.07) is 0. The Morgan fingerprint density at radius 1 is 0.282 bits per heavy atom.